The molecule has 2 N–H and O–H groups in total. The van der Waals surface area contributed by atoms with Gasteiger partial charge in [-0.25, -0.2) is 17.5 Å². The van der Waals surface area contributed by atoms with E-state index in [9.17, 15) is 17.6 Å². The van der Waals surface area contributed by atoms with Gasteiger partial charge < -0.3 is 5.11 Å². The van der Waals surface area contributed by atoms with Gasteiger partial charge in [0.2, 0.25) is 10.0 Å². The summed E-state index contributed by atoms with van der Waals surface area (Å²) in [4.78, 5) is 10.6. The maximum Gasteiger partial charge on any atom is 0.305 e. The van der Waals surface area contributed by atoms with Gasteiger partial charge in [-0.2, -0.15) is 0 Å². The van der Waals surface area contributed by atoms with Gasteiger partial charge in [-0.15, -0.1) is 0 Å². The minimum absolute atomic E-state index is 0.180. The van der Waals surface area contributed by atoms with Crippen molar-refractivity contribution in [2.75, 3.05) is 0 Å². The van der Waals surface area contributed by atoms with E-state index < -0.39 is 27.3 Å². The highest BCUT2D eigenvalue weighted by Gasteiger charge is 2.42. The van der Waals surface area contributed by atoms with Crippen molar-refractivity contribution in [1.29, 1.82) is 0 Å². The average Bonchev–Trinajstić information content (AvgIpc) is 2.28. The molecule has 5 nitrogen and oxygen atoms in total. The molecule has 1 aromatic carbocycles. The molecular weight excluding hydrogens is 309 g/mol. The van der Waals surface area contributed by atoms with E-state index >= 15 is 0 Å². The number of hydrogen-bond donors (Lipinski definition) is 2. The van der Waals surface area contributed by atoms with E-state index in [1.807, 2.05) is 0 Å². The van der Waals surface area contributed by atoms with Crippen molar-refractivity contribution in [3.8, 4) is 0 Å². The lowest BCUT2D eigenvalue weighted by molar-refractivity contribution is -0.139. The Morgan fingerprint density at radius 3 is 2.55 bits per heavy atom. The molecule has 1 aromatic rings. The van der Waals surface area contributed by atoms with Crippen LogP contribution in [0.1, 0.15) is 25.7 Å². The fourth-order valence-corrected chi connectivity index (χ4v) is 3.93. The van der Waals surface area contributed by atoms with Crippen LogP contribution in [0.3, 0.4) is 0 Å². The molecule has 1 saturated carbocycles. The standard InChI is InChI=1S/C12H13ClFNO4S/c13-9-6-8(2-3-10(9)14)20(18,19)15-12(4-1-5-12)7-11(16)17/h2-3,6,15H,1,4-5,7H2,(H,16,17). The number of sulfonamides is 1. The topological polar surface area (TPSA) is 83.5 Å². The highest BCUT2D eigenvalue weighted by molar-refractivity contribution is 7.89. The molecule has 0 heterocycles. The van der Waals surface area contributed by atoms with Crippen LogP contribution < -0.4 is 4.72 Å². The fourth-order valence-electron chi connectivity index (χ4n) is 2.20. The van der Waals surface area contributed by atoms with Gasteiger partial charge in [-0.1, -0.05) is 11.6 Å². The number of nitrogens with one attached hydrogen (secondary N) is 1. The first-order chi connectivity index (χ1) is 9.24. The molecule has 0 radical (unpaired) electrons. The highest BCUT2D eigenvalue weighted by atomic mass is 35.5. The van der Waals surface area contributed by atoms with Crippen LogP contribution in [0.15, 0.2) is 23.1 Å². The number of rotatable bonds is 5. The van der Waals surface area contributed by atoms with Crippen LogP contribution in [0.2, 0.25) is 5.02 Å². The first-order valence-electron chi connectivity index (χ1n) is 5.95. The Morgan fingerprint density at radius 2 is 2.10 bits per heavy atom. The summed E-state index contributed by atoms with van der Waals surface area (Å²) in [6.07, 6.45) is 1.42. The van der Waals surface area contributed by atoms with Crippen LogP contribution in [0.5, 0.6) is 0 Å². The number of benzene rings is 1. The predicted molar refractivity (Wildman–Crippen MR) is 70.6 cm³/mol. The van der Waals surface area contributed by atoms with Crippen molar-refractivity contribution in [3.63, 3.8) is 0 Å². The van der Waals surface area contributed by atoms with E-state index in [4.69, 9.17) is 16.7 Å². The van der Waals surface area contributed by atoms with E-state index in [2.05, 4.69) is 4.72 Å². The number of halogens is 2. The van der Waals surface area contributed by atoms with Gasteiger partial charge in [0, 0.05) is 5.54 Å². The molecule has 110 valence electrons. The second-order valence-corrected chi connectivity index (χ2v) is 6.98. The van der Waals surface area contributed by atoms with Crippen LogP contribution in [0.4, 0.5) is 4.39 Å². The molecule has 0 aliphatic heterocycles. The number of aliphatic carboxylic acids is 1. The summed E-state index contributed by atoms with van der Waals surface area (Å²) in [5, 5.41) is 8.56. The normalized spacial score (nSPS) is 17.5. The molecule has 0 unspecified atom stereocenters. The summed E-state index contributed by atoms with van der Waals surface area (Å²) in [6, 6.07) is 3.06. The summed E-state index contributed by atoms with van der Waals surface area (Å²) in [6.45, 7) is 0. The third-order valence-corrected chi connectivity index (χ3v) is 5.22. The molecule has 0 bridgehead atoms. The zero-order chi connectivity index (χ0) is 15.0. The summed E-state index contributed by atoms with van der Waals surface area (Å²) >= 11 is 5.56. The van der Waals surface area contributed by atoms with E-state index in [-0.39, 0.29) is 16.3 Å². The van der Waals surface area contributed by atoms with Gasteiger partial charge in [-0.3, -0.25) is 4.79 Å². The molecule has 2 rings (SSSR count). The molecular formula is C12H13ClFNO4S. The van der Waals surface area contributed by atoms with Crippen molar-refractivity contribution in [3.05, 3.63) is 29.0 Å². The second-order valence-electron chi connectivity index (χ2n) is 4.89. The Kier molecular flexibility index (Phi) is 4.04. The summed E-state index contributed by atoms with van der Waals surface area (Å²) in [7, 11) is -3.93. The molecule has 8 heteroatoms. The zero-order valence-electron chi connectivity index (χ0n) is 10.4. The molecule has 0 atom stereocenters. The Labute approximate surface area is 120 Å². The lowest BCUT2D eigenvalue weighted by atomic mass is 9.75. The maximum absolute atomic E-state index is 13.0. The molecule has 0 amide bonds. The van der Waals surface area contributed by atoms with Crippen LogP contribution in [0, 0.1) is 5.82 Å². The Bertz CT molecular complexity index is 643. The predicted octanol–water partition coefficient (Wildman–Crippen LogP) is 2.15. The maximum atomic E-state index is 13.0. The average molecular weight is 322 g/mol. The summed E-state index contributed by atoms with van der Waals surface area (Å²) in [5.74, 6) is -1.78. The monoisotopic (exact) mass is 321 g/mol. The SMILES string of the molecule is O=C(O)CC1(NS(=O)(=O)c2ccc(F)c(Cl)c2)CCC1. The Hall–Kier alpha value is -1.18. The van der Waals surface area contributed by atoms with Gasteiger partial charge in [0.15, 0.2) is 0 Å². The molecule has 1 aliphatic rings. The number of carboxylic acids is 1. The first-order valence-corrected chi connectivity index (χ1v) is 7.81. The minimum Gasteiger partial charge on any atom is -0.481 e. The Balaban J connectivity index is 2.26. The van der Waals surface area contributed by atoms with Crippen molar-refractivity contribution < 1.29 is 22.7 Å². The van der Waals surface area contributed by atoms with E-state index in [1.54, 1.807) is 0 Å². The van der Waals surface area contributed by atoms with E-state index in [1.165, 1.54) is 0 Å². The van der Waals surface area contributed by atoms with Crippen LogP contribution in [-0.2, 0) is 14.8 Å². The summed E-state index contributed by atoms with van der Waals surface area (Å²) in [5.41, 5.74) is -0.953. The van der Waals surface area contributed by atoms with Crippen molar-refractivity contribution in [2.45, 2.75) is 36.1 Å². The van der Waals surface area contributed by atoms with Crippen molar-refractivity contribution >= 4 is 27.6 Å². The molecule has 1 fully saturated rings. The van der Waals surface area contributed by atoms with Gasteiger partial charge in [0.05, 0.1) is 16.3 Å². The smallest absolute Gasteiger partial charge is 0.305 e. The molecule has 20 heavy (non-hydrogen) atoms. The van der Waals surface area contributed by atoms with Crippen LogP contribution >= 0.6 is 11.6 Å². The fraction of sp³-hybridized carbons (Fsp3) is 0.417. The van der Waals surface area contributed by atoms with Gasteiger partial charge >= 0.3 is 5.97 Å². The second kappa shape index (κ2) is 5.31. The third-order valence-electron chi connectivity index (χ3n) is 3.35. The van der Waals surface area contributed by atoms with Crippen molar-refractivity contribution in [1.82, 2.24) is 4.72 Å². The molecule has 1 aliphatic carbocycles. The van der Waals surface area contributed by atoms with E-state index in [0.717, 1.165) is 24.6 Å². The summed E-state index contributed by atoms with van der Waals surface area (Å²) < 4.78 is 39.9. The quantitative estimate of drug-likeness (QED) is 0.870. The lowest BCUT2D eigenvalue weighted by Gasteiger charge is -2.40. The van der Waals surface area contributed by atoms with Gasteiger partial charge in [-0.05, 0) is 37.5 Å². The van der Waals surface area contributed by atoms with Crippen LogP contribution in [-0.4, -0.2) is 25.0 Å². The Morgan fingerprint density at radius 1 is 1.45 bits per heavy atom. The zero-order valence-corrected chi connectivity index (χ0v) is 12.0. The first kappa shape index (κ1) is 15.2. The lowest BCUT2D eigenvalue weighted by Crippen LogP contribution is -2.54. The molecule has 0 aromatic heterocycles. The van der Waals surface area contributed by atoms with Gasteiger partial charge in [0.25, 0.3) is 0 Å². The van der Waals surface area contributed by atoms with Crippen LogP contribution in [0.25, 0.3) is 0 Å². The third kappa shape index (κ3) is 3.11. The van der Waals surface area contributed by atoms with Gasteiger partial charge in [0.1, 0.15) is 5.82 Å². The molecule has 0 saturated heterocycles. The largest absolute Gasteiger partial charge is 0.481 e. The number of hydrogen-bond acceptors (Lipinski definition) is 3. The number of carboxylic acid groups (broad SMARTS) is 1. The highest BCUT2D eigenvalue weighted by Crippen LogP contribution is 2.36. The minimum atomic E-state index is -3.93. The van der Waals surface area contributed by atoms with Crippen molar-refractivity contribution in [2.24, 2.45) is 0 Å². The molecule has 0 spiro atoms. The number of carbonyl (C=O) groups is 1. The van der Waals surface area contributed by atoms with E-state index in [0.29, 0.717) is 12.8 Å².